The van der Waals surface area contributed by atoms with Gasteiger partial charge >= 0.3 is 5.97 Å². The molecule has 3 rings (SSSR count). The van der Waals surface area contributed by atoms with Gasteiger partial charge in [-0.3, -0.25) is 9.69 Å². The number of carbonyl (C=O) groups excluding carboxylic acids is 1. The average molecular weight is 448 g/mol. The fraction of sp³-hybridized carbons (Fsp3) is 0.304. The first-order valence-corrected chi connectivity index (χ1v) is 10.2. The topological polar surface area (TPSA) is 47.4 Å². The van der Waals surface area contributed by atoms with Gasteiger partial charge in [0, 0.05) is 22.3 Å². The van der Waals surface area contributed by atoms with Crippen molar-refractivity contribution in [1.82, 2.24) is 14.7 Å². The van der Waals surface area contributed by atoms with Gasteiger partial charge in [-0.25, -0.2) is 4.68 Å². The van der Waals surface area contributed by atoms with Gasteiger partial charge in [-0.05, 0) is 44.3 Å². The molecule has 1 unspecified atom stereocenters. The molecule has 0 radical (unpaired) electrons. The van der Waals surface area contributed by atoms with E-state index in [4.69, 9.17) is 21.4 Å². The number of rotatable bonds is 8. The zero-order valence-electron chi connectivity index (χ0n) is 17.4. The Morgan fingerprint density at radius 2 is 1.73 bits per heavy atom. The molecule has 5 nitrogen and oxygen atoms in total. The van der Waals surface area contributed by atoms with Crippen LogP contribution in [-0.2, 0) is 16.0 Å². The molecule has 1 aromatic heterocycles. The third-order valence-corrected chi connectivity index (χ3v) is 5.14. The monoisotopic (exact) mass is 447 g/mol. The number of benzene rings is 2. The summed E-state index contributed by atoms with van der Waals surface area (Å²) in [4.78, 5) is 14.7. The van der Waals surface area contributed by atoms with Crippen LogP contribution < -0.4 is 0 Å². The number of halogens is 2. The Morgan fingerprint density at radius 3 is 2.33 bits per heavy atom. The molecule has 0 spiro atoms. The van der Waals surface area contributed by atoms with Gasteiger partial charge in [0.1, 0.15) is 0 Å². The Kier molecular flexibility index (Phi) is 8.90. The van der Waals surface area contributed by atoms with Gasteiger partial charge in [-0.15, -0.1) is 12.4 Å². The molecule has 0 fully saturated rings. The molecular formula is C23H27Cl2N3O2. The van der Waals surface area contributed by atoms with Gasteiger partial charge < -0.3 is 4.74 Å². The predicted octanol–water partition coefficient (Wildman–Crippen LogP) is 5.39. The van der Waals surface area contributed by atoms with Crippen LogP contribution in [0.5, 0.6) is 0 Å². The maximum atomic E-state index is 12.6. The molecule has 3 aromatic rings. The summed E-state index contributed by atoms with van der Waals surface area (Å²) in [5, 5.41) is 5.39. The normalized spacial score (nSPS) is 11.8. The van der Waals surface area contributed by atoms with Crippen molar-refractivity contribution in [2.24, 2.45) is 0 Å². The Labute approximate surface area is 189 Å². The highest BCUT2D eigenvalue weighted by atomic mass is 35.5. The smallest absolute Gasteiger partial charge is 0.311 e. The van der Waals surface area contributed by atoms with Crippen LogP contribution in [0.25, 0.3) is 16.9 Å². The highest BCUT2D eigenvalue weighted by Gasteiger charge is 2.19. The fourth-order valence-electron chi connectivity index (χ4n) is 3.30. The molecule has 0 aliphatic rings. The van der Waals surface area contributed by atoms with Crippen molar-refractivity contribution in [2.45, 2.75) is 33.4 Å². The third kappa shape index (κ3) is 5.85. The van der Waals surface area contributed by atoms with Crippen molar-refractivity contribution in [1.29, 1.82) is 0 Å². The number of ether oxygens (including phenoxy) is 1. The first-order chi connectivity index (χ1) is 14.0. The van der Waals surface area contributed by atoms with Gasteiger partial charge in [0.05, 0.1) is 17.8 Å². The largest absolute Gasteiger partial charge is 0.446 e. The molecule has 0 aliphatic heterocycles. The number of para-hydroxylation sites is 1. The second kappa shape index (κ2) is 11.2. The van der Waals surface area contributed by atoms with Gasteiger partial charge in [-0.1, -0.05) is 55.8 Å². The van der Waals surface area contributed by atoms with Gasteiger partial charge in [0.25, 0.3) is 0 Å². The Bertz CT molecular complexity index is 939. The van der Waals surface area contributed by atoms with E-state index in [2.05, 4.69) is 18.7 Å². The standard InChI is InChI=1S/C23H26ClN3O2.ClH/c1-4-26(5-2)17(3)29-22(28)15-19-16-27(21-9-7-6-8-10-21)25-23(19)18-11-13-20(24)14-12-18;/h6-14,16-17H,4-5,15H2,1-3H3;1H. The minimum Gasteiger partial charge on any atom is -0.446 e. The molecule has 0 N–H and O–H groups in total. The van der Waals surface area contributed by atoms with E-state index in [1.54, 1.807) is 4.68 Å². The number of carbonyl (C=O) groups is 1. The molecule has 1 atom stereocenters. The first kappa shape index (κ1) is 23.9. The van der Waals surface area contributed by atoms with Crippen LogP contribution in [0.2, 0.25) is 5.02 Å². The van der Waals surface area contributed by atoms with E-state index in [0.29, 0.717) is 5.02 Å². The zero-order valence-corrected chi connectivity index (χ0v) is 19.0. The highest BCUT2D eigenvalue weighted by Crippen LogP contribution is 2.26. The van der Waals surface area contributed by atoms with Crippen LogP contribution in [0.4, 0.5) is 0 Å². The third-order valence-electron chi connectivity index (χ3n) is 4.89. The number of nitrogens with zero attached hydrogens (tertiary/aromatic N) is 3. The number of aromatic nitrogens is 2. The fourth-order valence-corrected chi connectivity index (χ4v) is 3.43. The second-order valence-electron chi connectivity index (χ2n) is 6.78. The number of hydrogen-bond donors (Lipinski definition) is 0. The lowest BCUT2D eigenvalue weighted by atomic mass is 10.1. The highest BCUT2D eigenvalue weighted by molar-refractivity contribution is 6.30. The lowest BCUT2D eigenvalue weighted by molar-refractivity contribution is -0.156. The summed E-state index contributed by atoms with van der Waals surface area (Å²) in [6, 6.07) is 17.3. The van der Waals surface area contributed by atoms with E-state index >= 15 is 0 Å². The van der Waals surface area contributed by atoms with Gasteiger partial charge in [0.15, 0.2) is 6.23 Å². The molecular weight excluding hydrogens is 421 g/mol. The van der Waals surface area contributed by atoms with Crippen molar-refractivity contribution >= 4 is 30.0 Å². The second-order valence-corrected chi connectivity index (χ2v) is 7.21. The van der Waals surface area contributed by atoms with Crippen molar-refractivity contribution in [2.75, 3.05) is 13.1 Å². The van der Waals surface area contributed by atoms with Crippen molar-refractivity contribution < 1.29 is 9.53 Å². The van der Waals surface area contributed by atoms with Gasteiger partial charge in [0.2, 0.25) is 0 Å². The lowest BCUT2D eigenvalue weighted by Gasteiger charge is -2.25. The molecule has 30 heavy (non-hydrogen) atoms. The lowest BCUT2D eigenvalue weighted by Crippen LogP contribution is -2.36. The maximum Gasteiger partial charge on any atom is 0.311 e. The summed E-state index contributed by atoms with van der Waals surface area (Å²) in [6.07, 6.45) is 1.78. The predicted molar refractivity (Wildman–Crippen MR) is 123 cm³/mol. The summed E-state index contributed by atoms with van der Waals surface area (Å²) < 4.78 is 7.44. The van der Waals surface area contributed by atoms with E-state index in [9.17, 15) is 4.79 Å². The van der Waals surface area contributed by atoms with Crippen LogP contribution in [0.1, 0.15) is 26.3 Å². The van der Waals surface area contributed by atoms with Crippen molar-refractivity contribution in [3.8, 4) is 16.9 Å². The minimum atomic E-state index is -0.271. The quantitative estimate of drug-likeness (QED) is 0.343. The van der Waals surface area contributed by atoms with Crippen LogP contribution >= 0.6 is 24.0 Å². The van der Waals surface area contributed by atoms with Crippen LogP contribution in [-0.4, -0.2) is 40.0 Å². The molecule has 7 heteroatoms. The molecule has 160 valence electrons. The summed E-state index contributed by atoms with van der Waals surface area (Å²) in [5.74, 6) is -0.271. The Balaban J connectivity index is 0.00000320. The van der Waals surface area contributed by atoms with Gasteiger partial charge in [-0.2, -0.15) is 5.10 Å². The average Bonchev–Trinajstić information content (AvgIpc) is 3.13. The number of hydrogen-bond acceptors (Lipinski definition) is 4. The first-order valence-electron chi connectivity index (χ1n) is 9.85. The van der Waals surface area contributed by atoms with Crippen LogP contribution in [0.15, 0.2) is 60.8 Å². The minimum absolute atomic E-state index is 0. The molecule has 0 amide bonds. The molecule has 0 saturated carbocycles. The molecule has 0 aliphatic carbocycles. The van der Waals surface area contributed by atoms with E-state index in [0.717, 1.165) is 35.6 Å². The molecule has 2 aromatic carbocycles. The molecule has 0 bridgehead atoms. The molecule has 1 heterocycles. The van der Waals surface area contributed by atoms with Crippen molar-refractivity contribution in [3.63, 3.8) is 0 Å². The van der Waals surface area contributed by atoms with Crippen LogP contribution in [0.3, 0.4) is 0 Å². The van der Waals surface area contributed by atoms with Crippen molar-refractivity contribution in [3.05, 3.63) is 71.4 Å². The molecule has 0 saturated heterocycles. The Morgan fingerprint density at radius 1 is 1.10 bits per heavy atom. The summed E-state index contributed by atoms with van der Waals surface area (Å²) >= 11 is 6.03. The SMILES string of the molecule is CCN(CC)C(C)OC(=O)Cc1cn(-c2ccccc2)nc1-c1ccc(Cl)cc1.Cl. The van der Waals surface area contributed by atoms with E-state index in [1.807, 2.05) is 67.7 Å². The Hall–Kier alpha value is -2.34. The maximum absolute atomic E-state index is 12.6. The number of esters is 1. The van der Waals surface area contributed by atoms with Crippen LogP contribution in [0, 0.1) is 0 Å². The summed E-state index contributed by atoms with van der Waals surface area (Å²) in [5.41, 5.74) is 3.40. The van der Waals surface area contributed by atoms with E-state index in [1.165, 1.54) is 0 Å². The summed E-state index contributed by atoms with van der Waals surface area (Å²) in [7, 11) is 0. The van der Waals surface area contributed by atoms with E-state index in [-0.39, 0.29) is 31.0 Å². The van der Waals surface area contributed by atoms with E-state index < -0.39 is 0 Å². The summed E-state index contributed by atoms with van der Waals surface area (Å²) in [6.45, 7) is 7.66. The zero-order chi connectivity index (χ0) is 20.8.